The van der Waals surface area contributed by atoms with Crippen LogP contribution >= 0.6 is 0 Å². The number of nitrogens with zero attached hydrogens (tertiary/aromatic N) is 3. The second kappa shape index (κ2) is 7.77. The maximum absolute atomic E-state index is 14.9. The van der Waals surface area contributed by atoms with E-state index >= 15 is 0 Å². The highest BCUT2D eigenvalue weighted by atomic mass is 19.1. The molecule has 6 heteroatoms. The molecule has 0 fully saturated rings. The van der Waals surface area contributed by atoms with Crippen molar-refractivity contribution in [1.82, 2.24) is 9.97 Å². The van der Waals surface area contributed by atoms with Gasteiger partial charge in [0.25, 0.3) is 0 Å². The largest absolute Gasteiger partial charge is 0.511 e. The number of benzene rings is 2. The fourth-order valence-corrected chi connectivity index (χ4v) is 5.66. The van der Waals surface area contributed by atoms with Gasteiger partial charge in [-0.1, -0.05) is 38.1 Å². The van der Waals surface area contributed by atoms with E-state index in [0.717, 1.165) is 12.0 Å². The number of aromatic nitrogens is 2. The van der Waals surface area contributed by atoms with E-state index < -0.39 is 17.0 Å². The lowest BCUT2D eigenvalue weighted by Crippen LogP contribution is -2.45. The van der Waals surface area contributed by atoms with Crippen LogP contribution in [0.15, 0.2) is 59.9 Å². The molecule has 4 nitrogen and oxygen atoms in total. The average molecular weight is 443 g/mol. The molecule has 0 bridgehead atoms. The SMILES string of the molecule is C[C@H]1C(O)=C(C#N)C[C@@]2(C)c3nc(-c4ccccc4F)nc(-c4ccccc4F)c3CC[C@H]12. The lowest BCUT2D eigenvalue weighted by molar-refractivity contribution is 0.136. The molecule has 1 N–H and O–H groups in total. The van der Waals surface area contributed by atoms with Crippen LogP contribution in [0.5, 0.6) is 0 Å². The van der Waals surface area contributed by atoms with Crippen molar-refractivity contribution in [1.29, 1.82) is 5.26 Å². The van der Waals surface area contributed by atoms with E-state index in [1.165, 1.54) is 12.1 Å². The first-order valence-corrected chi connectivity index (χ1v) is 11.1. The van der Waals surface area contributed by atoms with Crippen LogP contribution in [0.3, 0.4) is 0 Å². The minimum absolute atomic E-state index is 0.0407. The maximum atomic E-state index is 14.9. The van der Waals surface area contributed by atoms with Crippen LogP contribution < -0.4 is 0 Å². The van der Waals surface area contributed by atoms with Crippen molar-refractivity contribution >= 4 is 0 Å². The Morgan fingerprint density at radius 2 is 1.67 bits per heavy atom. The van der Waals surface area contributed by atoms with E-state index in [9.17, 15) is 19.1 Å². The van der Waals surface area contributed by atoms with Gasteiger partial charge >= 0.3 is 0 Å². The van der Waals surface area contributed by atoms with Gasteiger partial charge in [0, 0.05) is 22.5 Å². The molecular weight excluding hydrogens is 420 g/mol. The number of aliphatic hydroxyl groups is 1. The quantitative estimate of drug-likeness (QED) is 0.506. The Bertz CT molecular complexity index is 1340. The second-order valence-corrected chi connectivity index (χ2v) is 9.19. The molecule has 3 atom stereocenters. The minimum atomic E-state index is -0.576. The van der Waals surface area contributed by atoms with Crippen molar-refractivity contribution in [2.75, 3.05) is 0 Å². The predicted molar refractivity (Wildman–Crippen MR) is 121 cm³/mol. The van der Waals surface area contributed by atoms with Crippen LogP contribution in [0.4, 0.5) is 8.78 Å². The molecule has 3 aromatic rings. The molecule has 1 aromatic heterocycles. The summed E-state index contributed by atoms with van der Waals surface area (Å²) in [7, 11) is 0. The molecule has 166 valence electrons. The number of aliphatic hydroxyl groups excluding tert-OH is 1. The summed E-state index contributed by atoms with van der Waals surface area (Å²) in [6.45, 7) is 3.97. The molecule has 2 aliphatic carbocycles. The molecule has 1 heterocycles. The Morgan fingerprint density at radius 1 is 1.03 bits per heavy atom. The summed E-state index contributed by atoms with van der Waals surface area (Å²) in [6.07, 6.45) is 1.68. The zero-order valence-electron chi connectivity index (χ0n) is 18.4. The van der Waals surface area contributed by atoms with Gasteiger partial charge in [0.05, 0.1) is 28.6 Å². The lowest BCUT2D eigenvalue weighted by atomic mass is 9.56. The number of fused-ring (bicyclic) bond motifs is 3. The van der Waals surface area contributed by atoms with E-state index in [-0.39, 0.29) is 29.0 Å². The van der Waals surface area contributed by atoms with Gasteiger partial charge in [-0.2, -0.15) is 5.26 Å². The molecular formula is C27H23F2N3O. The summed E-state index contributed by atoms with van der Waals surface area (Å²) in [5.41, 5.74) is 2.34. The standard InChI is InChI=1S/C27H23F2N3O/c1-15-20-12-11-19-23(17-7-3-5-9-21(17)28)31-26(18-8-4-6-10-22(18)29)32-25(19)27(20,2)13-16(14-30)24(15)33/h3-10,15,20,33H,11-13H2,1-2H3/t15-,20-,27-/m1/s1. The Kier molecular flexibility index (Phi) is 5.01. The molecule has 5 rings (SSSR count). The first-order valence-electron chi connectivity index (χ1n) is 11.1. The van der Waals surface area contributed by atoms with Gasteiger partial charge in [0.2, 0.25) is 0 Å². The molecule has 0 unspecified atom stereocenters. The number of hydrogen-bond donors (Lipinski definition) is 1. The molecule has 0 amide bonds. The molecule has 33 heavy (non-hydrogen) atoms. The van der Waals surface area contributed by atoms with Crippen LogP contribution in [0.2, 0.25) is 0 Å². The molecule has 2 aromatic carbocycles. The number of hydrogen-bond acceptors (Lipinski definition) is 4. The summed E-state index contributed by atoms with van der Waals surface area (Å²) in [4.78, 5) is 9.53. The fraction of sp³-hybridized carbons (Fsp3) is 0.296. The minimum Gasteiger partial charge on any atom is -0.511 e. The van der Waals surface area contributed by atoms with Gasteiger partial charge in [-0.15, -0.1) is 0 Å². The third kappa shape index (κ3) is 3.22. The van der Waals surface area contributed by atoms with Crippen molar-refractivity contribution in [2.45, 2.75) is 38.5 Å². The highest BCUT2D eigenvalue weighted by molar-refractivity contribution is 5.70. The van der Waals surface area contributed by atoms with Crippen molar-refractivity contribution < 1.29 is 13.9 Å². The summed E-state index contributed by atoms with van der Waals surface area (Å²) >= 11 is 0. The first-order chi connectivity index (χ1) is 15.8. The Morgan fingerprint density at radius 3 is 2.30 bits per heavy atom. The second-order valence-electron chi connectivity index (χ2n) is 9.19. The van der Waals surface area contributed by atoms with E-state index in [1.54, 1.807) is 36.4 Å². The predicted octanol–water partition coefficient (Wildman–Crippen LogP) is 6.28. The number of nitriles is 1. The van der Waals surface area contributed by atoms with Crippen LogP contribution in [0, 0.1) is 34.8 Å². The Balaban J connectivity index is 1.82. The topological polar surface area (TPSA) is 69.8 Å². The van der Waals surface area contributed by atoms with Crippen molar-refractivity contribution in [3.8, 4) is 28.7 Å². The van der Waals surface area contributed by atoms with Gasteiger partial charge in [-0.05, 0) is 49.4 Å². The molecule has 0 spiro atoms. The Labute approximate surface area is 191 Å². The van der Waals surface area contributed by atoms with Crippen molar-refractivity contribution in [2.24, 2.45) is 11.8 Å². The van der Waals surface area contributed by atoms with Gasteiger partial charge in [-0.25, -0.2) is 18.7 Å². The first kappa shape index (κ1) is 21.3. The van der Waals surface area contributed by atoms with E-state index in [0.29, 0.717) is 35.4 Å². The van der Waals surface area contributed by atoms with Crippen LogP contribution in [-0.4, -0.2) is 15.1 Å². The van der Waals surface area contributed by atoms with Crippen molar-refractivity contribution in [3.05, 3.63) is 82.8 Å². The molecule has 0 radical (unpaired) electrons. The molecule has 2 aliphatic rings. The van der Waals surface area contributed by atoms with Gasteiger partial charge in [-0.3, -0.25) is 0 Å². The van der Waals surface area contributed by atoms with E-state index in [2.05, 4.69) is 11.1 Å². The monoisotopic (exact) mass is 443 g/mol. The van der Waals surface area contributed by atoms with Crippen LogP contribution in [0.1, 0.15) is 37.9 Å². The highest BCUT2D eigenvalue weighted by Gasteiger charge is 2.50. The normalized spacial score (nSPS) is 24.1. The average Bonchev–Trinajstić information content (AvgIpc) is 2.82. The summed E-state index contributed by atoms with van der Waals surface area (Å²) in [5, 5.41) is 20.3. The molecule has 0 saturated heterocycles. The summed E-state index contributed by atoms with van der Waals surface area (Å²) in [5.74, 6) is -0.702. The third-order valence-corrected chi connectivity index (χ3v) is 7.34. The number of halogens is 2. The summed E-state index contributed by atoms with van der Waals surface area (Å²) in [6, 6.07) is 14.9. The van der Waals surface area contributed by atoms with E-state index in [1.807, 2.05) is 13.8 Å². The van der Waals surface area contributed by atoms with Gasteiger partial charge < -0.3 is 5.11 Å². The van der Waals surface area contributed by atoms with Gasteiger partial charge in [0.1, 0.15) is 17.4 Å². The summed E-state index contributed by atoms with van der Waals surface area (Å²) < 4.78 is 29.6. The fourth-order valence-electron chi connectivity index (χ4n) is 5.66. The zero-order valence-corrected chi connectivity index (χ0v) is 18.4. The number of rotatable bonds is 2. The Hall–Kier alpha value is -3.59. The van der Waals surface area contributed by atoms with Crippen LogP contribution in [-0.2, 0) is 11.8 Å². The van der Waals surface area contributed by atoms with Crippen LogP contribution in [0.25, 0.3) is 22.6 Å². The molecule has 0 aliphatic heterocycles. The van der Waals surface area contributed by atoms with Gasteiger partial charge in [0.15, 0.2) is 5.82 Å². The smallest absolute Gasteiger partial charge is 0.163 e. The molecule has 0 saturated carbocycles. The highest BCUT2D eigenvalue weighted by Crippen LogP contribution is 2.54. The van der Waals surface area contributed by atoms with E-state index in [4.69, 9.17) is 4.98 Å². The number of allylic oxidation sites excluding steroid dienone is 2. The zero-order chi connectivity index (χ0) is 23.3. The maximum Gasteiger partial charge on any atom is 0.163 e. The van der Waals surface area contributed by atoms with Crippen molar-refractivity contribution in [3.63, 3.8) is 0 Å². The third-order valence-electron chi connectivity index (χ3n) is 7.34. The lowest BCUT2D eigenvalue weighted by Gasteiger charge is -2.48.